The Hall–Kier alpha value is -1.43. The molecular weight excluding hydrogens is 284 g/mol. The molecule has 124 valence electrons. The molecule has 1 rings (SSSR count). The lowest BCUT2D eigenvalue weighted by Gasteiger charge is -2.29. The van der Waals surface area contributed by atoms with E-state index >= 15 is 0 Å². The molecule has 5 heteroatoms. The highest BCUT2D eigenvalue weighted by Crippen LogP contribution is 2.22. The number of aliphatic hydroxyl groups excluding tert-OH is 1. The van der Waals surface area contributed by atoms with Crippen molar-refractivity contribution in [2.24, 2.45) is 0 Å². The van der Waals surface area contributed by atoms with Crippen LogP contribution in [0.4, 0.5) is 0 Å². The van der Waals surface area contributed by atoms with E-state index in [-0.39, 0.29) is 0 Å². The van der Waals surface area contributed by atoms with Crippen molar-refractivity contribution in [3.05, 3.63) is 36.0 Å². The Morgan fingerprint density at radius 3 is 2.55 bits per heavy atom. The Morgan fingerprint density at radius 2 is 1.91 bits per heavy atom. The van der Waals surface area contributed by atoms with E-state index in [2.05, 4.69) is 0 Å². The first-order chi connectivity index (χ1) is 10.0. The number of allylic oxidation sites excluding steroid dienone is 1. The highest BCUT2D eigenvalue weighted by molar-refractivity contribution is 5.82. The van der Waals surface area contributed by atoms with Gasteiger partial charge in [-0.25, -0.2) is 4.79 Å². The third-order valence-corrected chi connectivity index (χ3v) is 3.92. The van der Waals surface area contributed by atoms with E-state index in [1.165, 1.54) is 25.2 Å². The molecule has 0 bridgehead atoms. The normalized spacial score (nSPS) is 38.1. The van der Waals surface area contributed by atoms with Gasteiger partial charge in [0, 0.05) is 6.08 Å². The summed E-state index contributed by atoms with van der Waals surface area (Å²) >= 11 is 0. The van der Waals surface area contributed by atoms with Crippen molar-refractivity contribution in [1.82, 2.24) is 0 Å². The van der Waals surface area contributed by atoms with E-state index in [1.807, 2.05) is 6.08 Å². The van der Waals surface area contributed by atoms with Gasteiger partial charge >= 0.3 is 5.97 Å². The predicted molar refractivity (Wildman–Crippen MR) is 84.1 cm³/mol. The summed E-state index contributed by atoms with van der Waals surface area (Å²) in [6.45, 7) is 6.51. The Balaban J connectivity index is 3.08. The Labute approximate surface area is 131 Å². The average Bonchev–Trinajstić information content (AvgIpc) is 2.41. The third-order valence-electron chi connectivity index (χ3n) is 3.92. The van der Waals surface area contributed by atoms with Crippen molar-refractivity contribution in [1.29, 1.82) is 0 Å². The molecule has 0 saturated carbocycles. The average molecular weight is 310 g/mol. The predicted octanol–water partition coefficient (Wildman–Crippen LogP) is 1.63. The number of hydrogen-bond acceptors (Lipinski definition) is 5. The summed E-state index contributed by atoms with van der Waals surface area (Å²) in [6.07, 6.45) is 6.55. The molecule has 4 atom stereocenters. The van der Waals surface area contributed by atoms with Crippen LogP contribution >= 0.6 is 0 Å². The first-order valence-corrected chi connectivity index (χ1v) is 7.42. The molecule has 0 aromatic heterocycles. The summed E-state index contributed by atoms with van der Waals surface area (Å²) < 4.78 is 5.17. The molecule has 0 amide bonds. The minimum Gasteiger partial charge on any atom is -0.456 e. The van der Waals surface area contributed by atoms with Crippen LogP contribution in [0, 0.1) is 0 Å². The summed E-state index contributed by atoms with van der Waals surface area (Å²) in [6, 6.07) is 0. The monoisotopic (exact) mass is 310 g/mol. The largest absolute Gasteiger partial charge is 0.456 e. The number of carbonyl (C=O) groups excluding carboxylic acids is 1. The third kappa shape index (κ3) is 5.75. The summed E-state index contributed by atoms with van der Waals surface area (Å²) in [7, 11) is 0. The molecule has 22 heavy (non-hydrogen) atoms. The molecule has 0 radical (unpaired) electrons. The molecular formula is C17H26O5. The molecule has 0 aliphatic carbocycles. The Morgan fingerprint density at radius 1 is 1.27 bits per heavy atom. The number of esters is 1. The second kappa shape index (κ2) is 7.22. The van der Waals surface area contributed by atoms with Gasteiger partial charge in [0.2, 0.25) is 0 Å². The smallest absolute Gasteiger partial charge is 0.330 e. The maximum Gasteiger partial charge on any atom is 0.330 e. The molecule has 0 spiro atoms. The van der Waals surface area contributed by atoms with Gasteiger partial charge in [0.15, 0.2) is 0 Å². The second-order valence-corrected chi connectivity index (χ2v) is 6.29. The fourth-order valence-electron chi connectivity index (χ4n) is 1.99. The van der Waals surface area contributed by atoms with Crippen molar-refractivity contribution in [2.45, 2.75) is 63.9 Å². The number of aliphatic hydroxyl groups is 3. The minimum absolute atomic E-state index is 0.399. The molecule has 0 fully saturated rings. The van der Waals surface area contributed by atoms with E-state index < -0.39 is 29.4 Å². The van der Waals surface area contributed by atoms with Crippen LogP contribution < -0.4 is 0 Å². The van der Waals surface area contributed by atoms with Gasteiger partial charge in [-0.3, -0.25) is 0 Å². The Kier molecular flexibility index (Phi) is 6.11. The van der Waals surface area contributed by atoms with Crippen LogP contribution in [0.3, 0.4) is 0 Å². The molecule has 1 heterocycles. The first-order valence-electron chi connectivity index (χ1n) is 7.42. The Bertz CT molecular complexity index is 485. The summed E-state index contributed by atoms with van der Waals surface area (Å²) in [5.74, 6) is -0.634. The van der Waals surface area contributed by atoms with Crippen molar-refractivity contribution < 1.29 is 24.9 Å². The molecule has 0 saturated heterocycles. The van der Waals surface area contributed by atoms with E-state index in [4.69, 9.17) is 4.74 Å². The van der Waals surface area contributed by atoms with Crippen LogP contribution in [0.2, 0.25) is 0 Å². The van der Waals surface area contributed by atoms with E-state index in [0.717, 1.165) is 11.6 Å². The maximum absolute atomic E-state index is 11.7. The van der Waals surface area contributed by atoms with Gasteiger partial charge in [0.1, 0.15) is 6.10 Å². The number of cyclic esters (lactones) is 1. The zero-order valence-corrected chi connectivity index (χ0v) is 13.6. The molecule has 1 aliphatic heterocycles. The fourth-order valence-corrected chi connectivity index (χ4v) is 1.99. The minimum atomic E-state index is -1.38. The van der Waals surface area contributed by atoms with Crippen LogP contribution in [-0.2, 0) is 9.53 Å². The van der Waals surface area contributed by atoms with Crippen molar-refractivity contribution >= 4 is 5.97 Å². The van der Waals surface area contributed by atoms with Gasteiger partial charge in [-0.15, -0.1) is 0 Å². The number of rotatable bonds is 0. The molecule has 0 aromatic rings. The molecule has 4 unspecified atom stereocenters. The summed E-state index contributed by atoms with van der Waals surface area (Å²) in [5.41, 5.74) is -1.82. The summed E-state index contributed by atoms with van der Waals surface area (Å²) in [5, 5.41) is 30.5. The topological polar surface area (TPSA) is 87.0 Å². The first kappa shape index (κ1) is 18.6. The fraction of sp³-hybridized carbons (Fsp3) is 0.588. The van der Waals surface area contributed by atoms with Crippen molar-refractivity contribution in [3.8, 4) is 0 Å². The van der Waals surface area contributed by atoms with Gasteiger partial charge in [-0.1, -0.05) is 18.2 Å². The maximum atomic E-state index is 11.7. The SMILES string of the molecule is CC1=CCCC(C)(O)C(C)OC(=O)C=CC(C)(O)C=CC1O. The van der Waals surface area contributed by atoms with E-state index in [0.29, 0.717) is 12.8 Å². The van der Waals surface area contributed by atoms with Gasteiger partial charge in [-0.05, 0) is 52.2 Å². The highest BCUT2D eigenvalue weighted by Gasteiger charge is 2.30. The second-order valence-electron chi connectivity index (χ2n) is 6.29. The summed E-state index contributed by atoms with van der Waals surface area (Å²) in [4.78, 5) is 11.7. The highest BCUT2D eigenvalue weighted by atomic mass is 16.6. The van der Waals surface area contributed by atoms with Crippen LogP contribution in [0.15, 0.2) is 36.0 Å². The molecule has 5 nitrogen and oxygen atoms in total. The van der Waals surface area contributed by atoms with E-state index in [1.54, 1.807) is 20.8 Å². The lowest BCUT2D eigenvalue weighted by Crippen LogP contribution is -2.40. The molecule has 1 aliphatic rings. The van der Waals surface area contributed by atoms with Crippen molar-refractivity contribution in [3.63, 3.8) is 0 Å². The van der Waals surface area contributed by atoms with Crippen LogP contribution in [0.5, 0.6) is 0 Å². The van der Waals surface area contributed by atoms with Gasteiger partial charge in [-0.2, -0.15) is 0 Å². The van der Waals surface area contributed by atoms with Gasteiger partial charge in [0.25, 0.3) is 0 Å². The van der Waals surface area contributed by atoms with Gasteiger partial charge in [0.05, 0.1) is 17.3 Å². The zero-order valence-electron chi connectivity index (χ0n) is 13.6. The number of ether oxygens (including phenoxy) is 1. The zero-order chi connectivity index (χ0) is 17.0. The van der Waals surface area contributed by atoms with Crippen molar-refractivity contribution in [2.75, 3.05) is 0 Å². The quantitative estimate of drug-likeness (QED) is 0.468. The number of hydrogen-bond donors (Lipinski definition) is 3. The van der Waals surface area contributed by atoms with E-state index in [9.17, 15) is 20.1 Å². The van der Waals surface area contributed by atoms with Crippen LogP contribution in [0.1, 0.15) is 40.5 Å². The number of carbonyl (C=O) groups is 1. The standard InChI is InChI=1S/C17H26O5/c1-12-6-5-9-17(4,21)13(2)22-15(19)8-11-16(3,20)10-7-14(12)18/h6-8,10-11,13-14,18,20-21H,5,9H2,1-4H3. The lowest BCUT2D eigenvalue weighted by atomic mass is 9.93. The lowest BCUT2D eigenvalue weighted by molar-refractivity contribution is -0.156. The van der Waals surface area contributed by atoms with Gasteiger partial charge < -0.3 is 20.1 Å². The van der Waals surface area contributed by atoms with Crippen LogP contribution in [-0.4, -0.2) is 44.7 Å². The molecule has 0 aromatic carbocycles. The van der Waals surface area contributed by atoms with Crippen LogP contribution in [0.25, 0.3) is 0 Å². The molecule has 3 N–H and O–H groups in total.